The van der Waals surface area contributed by atoms with Gasteiger partial charge in [0.25, 0.3) is 5.76 Å². The van der Waals surface area contributed by atoms with Crippen molar-refractivity contribution in [2.45, 2.75) is 12.8 Å². The van der Waals surface area contributed by atoms with Gasteiger partial charge in [-0.25, -0.2) is 4.79 Å². The lowest BCUT2D eigenvalue weighted by Crippen LogP contribution is -1.97. The molecule has 0 aromatic heterocycles. The number of rotatable bonds is 5. The second-order valence-electron chi connectivity index (χ2n) is 4.67. The minimum atomic E-state index is -1.04. The first-order chi connectivity index (χ1) is 11.4. The van der Waals surface area contributed by atoms with E-state index in [0.717, 1.165) is 6.08 Å². The number of phenolic OH excluding ortho intramolecular Hbond substituents is 1. The molecule has 1 aliphatic rings. The van der Waals surface area contributed by atoms with Gasteiger partial charge >= 0.3 is 11.9 Å². The average molecular weight is 329 g/mol. The van der Waals surface area contributed by atoms with Gasteiger partial charge in [-0.3, -0.25) is 4.79 Å². The Kier molecular flexibility index (Phi) is 7.48. The van der Waals surface area contributed by atoms with Gasteiger partial charge in [0, 0.05) is 24.6 Å². The Balaban J connectivity index is 0.000000240. The highest BCUT2D eigenvalue weighted by atomic mass is 16.4. The van der Waals surface area contributed by atoms with Crippen LogP contribution < -0.4 is 0 Å². The summed E-state index contributed by atoms with van der Waals surface area (Å²) >= 11 is 0. The molecule has 2 rings (SSSR count). The Hall–Kier alpha value is -3.37. The molecule has 0 aliphatic heterocycles. The topological polar surface area (TPSA) is 115 Å². The van der Waals surface area contributed by atoms with Crippen LogP contribution in [0, 0.1) is 6.08 Å². The van der Waals surface area contributed by atoms with Gasteiger partial charge in [0.05, 0.1) is 12.2 Å². The van der Waals surface area contributed by atoms with Crippen LogP contribution in [-0.2, 0) is 16.0 Å². The Morgan fingerprint density at radius 1 is 1.12 bits per heavy atom. The summed E-state index contributed by atoms with van der Waals surface area (Å²) in [4.78, 5) is 20.3. The first-order valence-corrected chi connectivity index (χ1v) is 6.99. The lowest BCUT2D eigenvalue weighted by molar-refractivity contribution is -0.137. The maximum atomic E-state index is 10.2. The quantitative estimate of drug-likeness (QED) is 0.488. The molecule has 0 saturated carbocycles. The molecule has 0 atom stereocenters. The predicted molar refractivity (Wildman–Crippen MR) is 87.4 cm³/mol. The highest BCUT2D eigenvalue weighted by Gasteiger charge is 2.11. The van der Waals surface area contributed by atoms with Gasteiger partial charge in [-0.2, -0.15) is 0 Å². The molecule has 0 amide bonds. The summed E-state index contributed by atoms with van der Waals surface area (Å²) in [6.45, 7) is 0. The number of aryl methyl sites for hydroxylation is 1. The van der Waals surface area contributed by atoms with Crippen LogP contribution >= 0.6 is 0 Å². The minimum Gasteiger partial charge on any atom is -0.508 e. The van der Waals surface area contributed by atoms with Crippen LogP contribution in [0.25, 0.3) is 0 Å². The third kappa shape index (κ3) is 7.06. The summed E-state index contributed by atoms with van der Waals surface area (Å²) in [5.74, 6) is -1.77. The molecule has 1 aliphatic carbocycles. The molecule has 0 heterocycles. The van der Waals surface area contributed by atoms with Gasteiger partial charge in [0.2, 0.25) is 0 Å². The van der Waals surface area contributed by atoms with Gasteiger partial charge in [0.15, 0.2) is 0 Å². The molecular formula is C18H17O6+. The molecule has 1 aromatic carbocycles. The van der Waals surface area contributed by atoms with E-state index in [0.29, 0.717) is 17.6 Å². The van der Waals surface area contributed by atoms with Crippen molar-refractivity contribution >= 4 is 11.9 Å². The van der Waals surface area contributed by atoms with Crippen molar-refractivity contribution in [2.24, 2.45) is 0 Å². The molecule has 124 valence electrons. The van der Waals surface area contributed by atoms with E-state index < -0.39 is 11.9 Å². The number of aliphatic hydroxyl groups excluding tert-OH is 1. The van der Waals surface area contributed by atoms with Gasteiger partial charge in [-0.1, -0.05) is 18.2 Å². The first-order valence-electron chi connectivity index (χ1n) is 6.99. The maximum Gasteiger partial charge on any atom is 0.329 e. The van der Waals surface area contributed by atoms with Crippen LogP contribution in [-0.4, -0.2) is 32.4 Å². The zero-order chi connectivity index (χ0) is 17.9. The van der Waals surface area contributed by atoms with E-state index in [-0.39, 0.29) is 17.9 Å². The van der Waals surface area contributed by atoms with E-state index in [4.69, 9.17) is 15.3 Å². The number of carboxylic acid groups (broad SMARTS) is 2. The van der Waals surface area contributed by atoms with Gasteiger partial charge in [0.1, 0.15) is 17.4 Å². The predicted octanol–water partition coefficient (Wildman–Crippen LogP) is 2.78. The van der Waals surface area contributed by atoms with E-state index in [1.54, 1.807) is 42.5 Å². The number of hydrogen-bond acceptors (Lipinski definition) is 4. The van der Waals surface area contributed by atoms with E-state index >= 15 is 0 Å². The summed E-state index contributed by atoms with van der Waals surface area (Å²) in [7, 11) is 0. The fraction of sp³-hybridized carbons (Fsp3) is 0.111. The van der Waals surface area contributed by atoms with E-state index in [9.17, 15) is 14.7 Å². The largest absolute Gasteiger partial charge is 0.508 e. The van der Waals surface area contributed by atoms with Crippen LogP contribution in [0.4, 0.5) is 0 Å². The standard InChI is InChI=1S/C9H10O3.C9H6O3/c2*10-8-4-2-1-3-7(8)5-6-9(11)12/h1-4,10H,5-6H2,(H,11,12);1-3,5-6H,(H-,10,11,12)/p+1/b;6-5+. The zero-order valence-corrected chi connectivity index (χ0v) is 12.7. The molecule has 6 nitrogen and oxygen atoms in total. The lowest BCUT2D eigenvalue weighted by Gasteiger charge is -2.00. The van der Waals surface area contributed by atoms with Gasteiger partial charge < -0.3 is 20.4 Å². The second-order valence-corrected chi connectivity index (χ2v) is 4.67. The number of benzene rings is 1. The number of aliphatic carboxylic acids is 2. The van der Waals surface area contributed by atoms with Gasteiger partial charge in [-0.15, -0.1) is 0 Å². The number of aromatic hydroxyl groups is 1. The fourth-order valence-corrected chi connectivity index (χ4v) is 1.70. The van der Waals surface area contributed by atoms with Crippen LogP contribution in [0.15, 0.2) is 66.0 Å². The number of para-hydroxylation sites is 1. The number of aliphatic hydroxyl groups is 1. The second kappa shape index (κ2) is 9.61. The summed E-state index contributed by atoms with van der Waals surface area (Å²) in [5.41, 5.74) is 1.12. The van der Waals surface area contributed by atoms with Gasteiger partial charge in [-0.05, 0) is 18.1 Å². The average Bonchev–Trinajstić information content (AvgIpc) is 2.54. The summed E-state index contributed by atoms with van der Waals surface area (Å²) in [6.07, 6.45) is 10.1. The SMILES string of the molecule is O=C(O)/C=C/C1=CC=C[C+]=C1O.O=C(O)CCc1ccccc1O. The maximum absolute atomic E-state index is 10.2. The Labute approximate surface area is 139 Å². The molecule has 0 fully saturated rings. The minimum absolute atomic E-state index is 0.0463. The Morgan fingerprint density at radius 2 is 1.83 bits per heavy atom. The highest BCUT2D eigenvalue weighted by molar-refractivity contribution is 5.80. The zero-order valence-electron chi connectivity index (χ0n) is 12.7. The van der Waals surface area contributed by atoms with Crippen molar-refractivity contribution in [3.63, 3.8) is 0 Å². The third-order valence-electron chi connectivity index (χ3n) is 2.87. The van der Waals surface area contributed by atoms with Crippen molar-refractivity contribution < 1.29 is 30.0 Å². The van der Waals surface area contributed by atoms with E-state index in [1.807, 2.05) is 0 Å². The van der Waals surface area contributed by atoms with Crippen molar-refractivity contribution in [1.29, 1.82) is 0 Å². The third-order valence-corrected chi connectivity index (χ3v) is 2.87. The Morgan fingerprint density at radius 3 is 2.42 bits per heavy atom. The van der Waals surface area contributed by atoms with Crippen LogP contribution in [0.1, 0.15) is 12.0 Å². The normalized spacial score (nSPS) is 12.5. The number of carboxylic acids is 2. The summed E-state index contributed by atoms with van der Waals surface area (Å²) < 4.78 is 0. The van der Waals surface area contributed by atoms with Crippen molar-refractivity contribution in [2.75, 3.05) is 0 Å². The van der Waals surface area contributed by atoms with Crippen LogP contribution in [0.5, 0.6) is 5.75 Å². The fourth-order valence-electron chi connectivity index (χ4n) is 1.70. The molecule has 1 aromatic rings. The summed E-state index contributed by atoms with van der Waals surface area (Å²) in [6, 6.07) is 6.76. The lowest BCUT2D eigenvalue weighted by atomic mass is 10.1. The molecule has 0 unspecified atom stereocenters. The molecule has 0 spiro atoms. The first kappa shape index (κ1) is 18.7. The molecule has 4 N–H and O–H groups in total. The molecular weight excluding hydrogens is 312 g/mol. The van der Waals surface area contributed by atoms with Crippen LogP contribution in [0.3, 0.4) is 0 Å². The molecule has 0 radical (unpaired) electrons. The summed E-state index contributed by atoms with van der Waals surface area (Å²) in [5, 5.41) is 35.0. The molecule has 0 bridgehead atoms. The molecule has 0 saturated heterocycles. The van der Waals surface area contributed by atoms with E-state index in [2.05, 4.69) is 6.08 Å². The smallest absolute Gasteiger partial charge is 0.329 e. The van der Waals surface area contributed by atoms with Crippen molar-refractivity contribution in [3.8, 4) is 5.75 Å². The van der Waals surface area contributed by atoms with E-state index in [1.165, 1.54) is 6.08 Å². The Bertz CT molecular complexity index is 710. The number of hydrogen-bond donors (Lipinski definition) is 4. The number of allylic oxidation sites excluding steroid dienone is 5. The number of phenols is 1. The van der Waals surface area contributed by atoms with Crippen molar-refractivity contribution in [1.82, 2.24) is 0 Å². The van der Waals surface area contributed by atoms with Crippen molar-refractivity contribution in [3.05, 3.63) is 77.6 Å². The monoisotopic (exact) mass is 329 g/mol. The highest BCUT2D eigenvalue weighted by Crippen LogP contribution is 2.16. The molecule has 24 heavy (non-hydrogen) atoms. The molecule has 6 heteroatoms. The van der Waals surface area contributed by atoms with Crippen LogP contribution in [0.2, 0.25) is 0 Å². The number of carbonyl (C=O) groups is 2.